The fourth-order valence-electron chi connectivity index (χ4n) is 2.47. The summed E-state index contributed by atoms with van der Waals surface area (Å²) in [5.41, 5.74) is 2.71. The van der Waals surface area contributed by atoms with Gasteiger partial charge in [-0.15, -0.1) is 0 Å². The van der Waals surface area contributed by atoms with Gasteiger partial charge in [0.15, 0.2) is 0 Å². The Bertz CT molecular complexity index is 705. The van der Waals surface area contributed by atoms with Gasteiger partial charge >= 0.3 is 0 Å². The lowest BCUT2D eigenvalue weighted by Gasteiger charge is -2.17. The van der Waals surface area contributed by atoms with E-state index in [1.54, 1.807) is 23.9 Å². The van der Waals surface area contributed by atoms with E-state index < -0.39 is 0 Å². The molecule has 1 heterocycles. The molecule has 0 bridgehead atoms. The highest BCUT2D eigenvalue weighted by Gasteiger charge is 2.14. The SMILES string of the molecule is O=C1CCc2cc(OCCSCc3ccccc3F)ccc2N1. The van der Waals surface area contributed by atoms with Gasteiger partial charge in [0.25, 0.3) is 0 Å². The standard InChI is InChI=1S/C18H18FNO2S/c19-16-4-2-1-3-14(16)12-23-10-9-22-15-6-7-17-13(11-15)5-8-18(21)20-17/h1-4,6-7,11H,5,8-10,12H2,(H,20,21). The van der Waals surface area contributed by atoms with Crippen molar-refractivity contribution in [3.63, 3.8) is 0 Å². The molecule has 1 amide bonds. The molecule has 0 saturated heterocycles. The summed E-state index contributed by atoms with van der Waals surface area (Å²) < 4.78 is 19.2. The van der Waals surface area contributed by atoms with Crippen LogP contribution >= 0.6 is 11.8 Å². The molecule has 0 fully saturated rings. The van der Waals surface area contributed by atoms with Gasteiger partial charge in [-0.25, -0.2) is 4.39 Å². The highest BCUT2D eigenvalue weighted by molar-refractivity contribution is 7.98. The summed E-state index contributed by atoms with van der Waals surface area (Å²) in [5.74, 6) is 2.16. The first-order valence-electron chi connectivity index (χ1n) is 7.59. The van der Waals surface area contributed by atoms with Crippen LogP contribution in [0.3, 0.4) is 0 Å². The minimum absolute atomic E-state index is 0.0655. The maximum absolute atomic E-state index is 13.5. The summed E-state index contributed by atoms with van der Waals surface area (Å²) >= 11 is 1.65. The number of hydrogen-bond donors (Lipinski definition) is 1. The Balaban J connectivity index is 1.44. The molecule has 23 heavy (non-hydrogen) atoms. The van der Waals surface area contributed by atoms with Crippen molar-refractivity contribution in [3.05, 3.63) is 59.4 Å². The van der Waals surface area contributed by atoms with Crippen LogP contribution in [0.25, 0.3) is 0 Å². The van der Waals surface area contributed by atoms with Crippen LogP contribution in [0.5, 0.6) is 5.75 Å². The molecule has 5 heteroatoms. The van der Waals surface area contributed by atoms with E-state index >= 15 is 0 Å². The average Bonchev–Trinajstić information content (AvgIpc) is 2.56. The third-order valence-corrected chi connectivity index (χ3v) is 4.65. The van der Waals surface area contributed by atoms with Gasteiger partial charge in [-0.1, -0.05) is 18.2 Å². The maximum Gasteiger partial charge on any atom is 0.224 e. The van der Waals surface area contributed by atoms with E-state index in [2.05, 4.69) is 5.32 Å². The largest absolute Gasteiger partial charge is 0.493 e. The van der Waals surface area contributed by atoms with Gasteiger partial charge in [0, 0.05) is 23.6 Å². The van der Waals surface area contributed by atoms with Gasteiger partial charge in [0.1, 0.15) is 11.6 Å². The number of carbonyl (C=O) groups is 1. The number of ether oxygens (including phenoxy) is 1. The number of benzene rings is 2. The molecule has 1 aliphatic heterocycles. The summed E-state index contributed by atoms with van der Waals surface area (Å²) in [6.07, 6.45) is 1.27. The van der Waals surface area contributed by atoms with E-state index in [0.717, 1.165) is 34.7 Å². The van der Waals surface area contributed by atoms with E-state index in [-0.39, 0.29) is 11.7 Å². The fourth-order valence-corrected chi connectivity index (χ4v) is 3.27. The molecule has 0 unspecified atom stereocenters. The predicted octanol–water partition coefficient (Wildman–Crippen LogP) is 4.02. The number of halogens is 1. The summed E-state index contributed by atoms with van der Waals surface area (Å²) in [4.78, 5) is 11.3. The molecule has 0 aliphatic carbocycles. The molecule has 0 radical (unpaired) electrons. The highest BCUT2D eigenvalue weighted by atomic mass is 32.2. The van der Waals surface area contributed by atoms with E-state index in [9.17, 15) is 9.18 Å². The first kappa shape index (κ1) is 15.9. The van der Waals surface area contributed by atoms with Crippen LogP contribution in [0.15, 0.2) is 42.5 Å². The first-order valence-corrected chi connectivity index (χ1v) is 8.74. The van der Waals surface area contributed by atoms with Gasteiger partial charge in [-0.3, -0.25) is 4.79 Å². The number of thioether (sulfide) groups is 1. The lowest BCUT2D eigenvalue weighted by molar-refractivity contribution is -0.116. The number of rotatable bonds is 6. The minimum atomic E-state index is -0.155. The molecule has 2 aromatic rings. The van der Waals surface area contributed by atoms with Crippen LogP contribution in [0, 0.1) is 5.82 Å². The average molecular weight is 331 g/mol. The Morgan fingerprint density at radius 3 is 2.91 bits per heavy atom. The number of carbonyl (C=O) groups excluding carboxylic acids is 1. The monoisotopic (exact) mass is 331 g/mol. The quantitative estimate of drug-likeness (QED) is 0.813. The molecule has 0 spiro atoms. The summed E-state index contributed by atoms with van der Waals surface area (Å²) in [6.45, 7) is 0.574. The molecule has 3 nitrogen and oxygen atoms in total. The van der Waals surface area contributed by atoms with Crippen molar-refractivity contribution < 1.29 is 13.9 Å². The van der Waals surface area contributed by atoms with Gasteiger partial charge < -0.3 is 10.1 Å². The maximum atomic E-state index is 13.5. The summed E-state index contributed by atoms with van der Waals surface area (Å²) in [6, 6.07) is 12.6. The van der Waals surface area contributed by atoms with Crippen LogP contribution in [0.1, 0.15) is 17.5 Å². The van der Waals surface area contributed by atoms with Gasteiger partial charge in [-0.05, 0) is 41.8 Å². The van der Waals surface area contributed by atoms with Crippen molar-refractivity contribution >= 4 is 23.4 Å². The fraction of sp³-hybridized carbons (Fsp3) is 0.278. The molecule has 0 aromatic heterocycles. The van der Waals surface area contributed by atoms with E-state index in [1.807, 2.05) is 24.3 Å². The van der Waals surface area contributed by atoms with Crippen LogP contribution in [0.4, 0.5) is 10.1 Å². The Morgan fingerprint density at radius 1 is 1.17 bits per heavy atom. The lowest BCUT2D eigenvalue weighted by Crippen LogP contribution is -2.18. The molecular weight excluding hydrogens is 313 g/mol. The zero-order valence-electron chi connectivity index (χ0n) is 12.7. The molecule has 120 valence electrons. The Labute approximate surface area is 139 Å². The first-order chi connectivity index (χ1) is 11.2. The van der Waals surface area contributed by atoms with Gasteiger partial charge in [0.2, 0.25) is 5.91 Å². The van der Waals surface area contributed by atoms with Crippen molar-refractivity contribution in [3.8, 4) is 5.75 Å². The van der Waals surface area contributed by atoms with Gasteiger partial charge in [-0.2, -0.15) is 11.8 Å². The van der Waals surface area contributed by atoms with Crippen molar-refractivity contribution in [2.75, 3.05) is 17.7 Å². The number of hydrogen-bond acceptors (Lipinski definition) is 3. The third-order valence-electron chi connectivity index (χ3n) is 3.68. The molecule has 2 aromatic carbocycles. The number of aryl methyl sites for hydroxylation is 1. The molecule has 0 saturated carbocycles. The summed E-state index contributed by atoms with van der Waals surface area (Å²) in [5, 5.41) is 2.85. The number of amides is 1. The topological polar surface area (TPSA) is 38.3 Å². The van der Waals surface area contributed by atoms with Crippen molar-refractivity contribution in [2.24, 2.45) is 0 Å². The highest BCUT2D eigenvalue weighted by Crippen LogP contribution is 2.27. The zero-order valence-corrected chi connectivity index (χ0v) is 13.5. The lowest BCUT2D eigenvalue weighted by atomic mass is 10.0. The van der Waals surface area contributed by atoms with Crippen LogP contribution < -0.4 is 10.1 Å². The van der Waals surface area contributed by atoms with Gasteiger partial charge in [0.05, 0.1) is 6.61 Å². The molecular formula is C18H18FNO2S. The summed E-state index contributed by atoms with van der Waals surface area (Å²) in [7, 11) is 0. The second kappa shape index (κ2) is 7.51. The number of fused-ring (bicyclic) bond motifs is 1. The Kier molecular flexibility index (Phi) is 5.18. The minimum Gasteiger partial charge on any atom is -0.493 e. The normalized spacial score (nSPS) is 13.3. The Morgan fingerprint density at radius 2 is 2.04 bits per heavy atom. The van der Waals surface area contributed by atoms with E-state index in [4.69, 9.17) is 4.74 Å². The zero-order chi connectivity index (χ0) is 16.1. The number of nitrogens with one attached hydrogen (secondary N) is 1. The van der Waals surface area contributed by atoms with Crippen LogP contribution in [-0.2, 0) is 17.0 Å². The number of anilines is 1. The second-order valence-electron chi connectivity index (χ2n) is 5.36. The van der Waals surface area contributed by atoms with E-state index in [1.165, 1.54) is 6.07 Å². The predicted molar refractivity (Wildman–Crippen MR) is 91.4 cm³/mol. The molecule has 0 atom stereocenters. The Hall–Kier alpha value is -2.01. The van der Waals surface area contributed by atoms with Crippen molar-refractivity contribution in [1.82, 2.24) is 0 Å². The molecule has 1 aliphatic rings. The molecule has 3 rings (SSSR count). The van der Waals surface area contributed by atoms with Crippen LogP contribution in [0.2, 0.25) is 0 Å². The van der Waals surface area contributed by atoms with Crippen LogP contribution in [-0.4, -0.2) is 18.3 Å². The smallest absolute Gasteiger partial charge is 0.224 e. The van der Waals surface area contributed by atoms with Crippen molar-refractivity contribution in [1.29, 1.82) is 0 Å². The van der Waals surface area contributed by atoms with Crippen molar-refractivity contribution in [2.45, 2.75) is 18.6 Å². The van der Waals surface area contributed by atoms with E-state index in [0.29, 0.717) is 18.8 Å². The second-order valence-corrected chi connectivity index (χ2v) is 6.46. The molecule has 1 N–H and O–H groups in total. The third kappa shape index (κ3) is 4.26.